The van der Waals surface area contributed by atoms with Gasteiger partial charge in [0.05, 0.1) is 12.5 Å². The van der Waals surface area contributed by atoms with Crippen molar-refractivity contribution in [3.05, 3.63) is 40.0 Å². The quantitative estimate of drug-likeness (QED) is 0.732. The third kappa shape index (κ3) is 3.53. The number of amides is 1. The summed E-state index contributed by atoms with van der Waals surface area (Å²) in [6.07, 6.45) is 4.31. The molecule has 0 spiro atoms. The van der Waals surface area contributed by atoms with Gasteiger partial charge in [0.2, 0.25) is 5.91 Å². The van der Waals surface area contributed by atoms with Gasteiger partial charge >= 0.3 is 0 Å². The molecule has 1 aliphatic heterocycles. The van der Waals surface area contributed by atoms with E-state index in [0.717, 1.165) is 37.3 Å². The van der Waals surface area contributed by atoms with Gasteiger partial charge in [-0.1, -0.05) is 13.0 Å². The highest BCUT2D eigenvalue weighted by molar-refractivity contribution is 7.09. The van der Waals surface area contributed by atoms with Gasteiger partial charge in [-0.15, -0.1) is 11.3 Å². The van der Waals surface area contributed by atoms with Gasteiger partial charge in [-0.2, -0.15) is 14.6 Å². The molecule has 1 amide bonds. The number of carbonyl (C=O) groups is 1. The fourth-order valence-corrected chi connectivity index (χ4v) is 4.47. The van der Waals surface area contributed by atoms with Gasteiger partial charge in [0, 0.05) is 29.2 Å². The molecule has 1 fully saturated rings. The Hall–Kier alpha value is -2.48. The van der Waals surface area contributed by atoms with Gasteiger partial charge in [0.1, 0.15) is 12.1 Å². The smallest absolute Gasteiger partial charge is 0.254 e. The second kappa shape index (κ2) is 7.64. The molecule has 8 heteroatoms. The average Bonchev–Trinajstić information content (AvgIpc) is 3.36. The van der Waals surface area contributed by atoms with Crippen molar-refractivity contribution in [3.8, 4) is 0 Å². The van der Waals surface area contributed by atoms with Gasteiger partial charge in [0.15, 0.2) is 0 Å². The van der Waals surface area contributed by atoms with Gasteiger partial charge < -0.3 is 10.2 Å². The van der Waals surface area contributed by atoms with Crippen LogP contribution in [-0.2, 0) is 17.8 Å². The van der Waals surface area contributed by atoms with Crippen molar-refractivity contribution in [3.63, 3.8) is 0 Å². The van der Waals surface area contributed by atoms with E-state index in [-0.39, 0.29) is 11.8 Å². The summed E-state index contributed by atoms with van der Waals surface area (Å²) < 4.78 is 1.82. The van der Waals surface area contributed by atoms with Crippen LogP contribution in [-0.4, -0.2) is 38.6 Å². The molecule has 3 aromatic rings. The Kier molecular flexibility index (Phi) is 5.07. The van der Waals surface area contributed by atoms with Crippen LogP contribution in [0.3, 0.4) is 0 Å². The van der Waals surface area contributed by atoms with E-state index in [0.29, 0.717) is 18.9 Å². The molecule has 4 heterocycles. The number of rotatable bonds is 5. The summed E-state index contributed by atoms with van der Waals surface area (Å²) in [7, 11) is 0. The number of fused-ring (bicyclic) bond motifs is 1. The van der Waals surface area contributed by atoms with Crippen molar-refractivity contribution >= 4 is 28.8 Å². The lowest BCUT2D eigenvalue weighted by molar-refractivity contribution is -0.125. The third-order valence-electron chi connectivity index (χ3n) is 5.17. The lowest BCUT2D eigenvalue weighted by Crippen LogP contribution is -2.44. The van der Waals surface area contributed by atoms with Gasteiger partial charge in [-0.25, -0.2) is 4.98 Å². The molecule has 27 heavy (non-hydrogen) atoms. The van der Waals surface area contributed by atoms with Crippen LogP contribution < -0.4 is 10.2 Å². The lowest BCUT2D eigenvalue weighted by atomic mass is 9.96. The number of aryl methyl sites for hydroxylation is 1. The molecular formula is C19H24N6OS. The molecule has 4 rings (SSSR count). The molecule has 0 unspecified atom stereocenters. The highest BCUT2D eigenvalue weighted by Gasteiger charge is 2.29. The minimum atomic E-state index is -0.0181. The molecule has 0 bridgehead atoms. The van der Waals surface area contributed by atoms with Crippen molar-refractivity contribution in [2.24, 2.45) is 5.92 Å². The Labute approximate surface area is 162 Å². The van der Waals surface area contributed by atoms with Gasteiger partial charge in [-0.05, 0) is 37.6 Å². The number of thiophene rings is 1. The molecule has 7 nitrogen and oxygen atoms in total. The summed E-state index contributed by atoms with van der Waals surface area (Å²) in [5.41, 5.74) is 2.16. The number of hydrogen-bond acceptors (Lipinski definition) is 6. The monoisotopic (exact) mass is 384 g/mol. The zero-order valence-electron chi connectivity index (χ0n) is 15.7. The first-order valence-corrected chi connectivity index (χ1v) is 10.3. The predicted octanol–water partition coefficient (Wildman–Crippen LogP) is 2.59. The summed E-state index contributed by atoms with van der Waals surface area (Å²) >= 11 is 1.67. The number of aromatic nitrogens is 4. The summed E-state index contributed by atoms with van der Waals surface area (Å²) in [5.74, 6) is 1.76. The highest BCUT2D eigenvalue weighted by atomic mass is 32.1. The number of anilines is 1. The Balaban J connectivity index is 1.55. The zero-order chi connectivity index (χ0) is 18.8. The van der Waals surface area contributed by atoms with Crippen molar-refractivity contribution in [1.29, 1.82) is 0 Å². The number of piperidine rings is 1. The van der Waals surface area contributed by atoms with Crippen molar-refractivity contribution in [2.75, 3.05) is 18.0 Å². The Morgan fingerprint density at radius 1 is 1.44 bits per heavy atom. The van der Waals surface area contributed by atoms with Crippen LogP contribution in [0.5, 0.6) is 0 Å². The minimum absolute atomic E-state index is 0.0181. The molecule has 1 N–H and O–H groups in total. The second-order valence-electron chi connectivity index (χ2n) is 6.91. The molecule has 0 aliphatic carbocycles. The van der Waals surface area contributed by atoms with E-state index >= 15 is 0 Å². The van der Waals surface area contributed by atoms with E-state index in [2.05, 4.69) is 32.2 Å². The Morgan fingerprint density at radius 2 is 2.33 bits per heavy atom. The average molecular weight is 385 g/mol. The van der Waals surface area contributed by atoms with Crippen LogP contribution in [0.15, 0.2) is 23.8 Å². The SMILES string of the molecule is CCc1c(C)nc2ncnn2c1N1CCC[C@@H](C(=O)NCc2cccs2)C1. The van der Waals surface area contributed by atoms with Crippen LogP contribution in [0.25, 0.3) is 5.78 Å². The first-order chi connectivity index (χ1) is 13.2. The summed E-state index contributed by atoms with van der Waals surface area (Å²) in [4.78, 5) is 25.0. The maximum atomic E-state index is 12.7. The number of hydrogen-bond donors (Lipinski definition) is 1. The van der Waals surface area contributed by atoms with Gasteiger partial charge in [0.25, 0.3) is 5.78 Å². The largest absolute Gasteiger partial charge is 0.355 e. The summed E-state index contributed by atoms with van der Waals surface area (Å²) in [5, 5.41) is 9.52. The van der Waals surface area contributed by atoms with Crippen LogP contribution in [0.2, 0.25) is 0 Å². The molecular weight excluding hydrogens is 360 g/mol. The molecule has 142 valence electrons. The first-order valence-electron chi connectivity index (χ1n) is 9.41. The maximum Gasteiger partial charge on any atom is 0.254 e. The molecule has 3 aromatic heterocycles. The zero-order valence-corrected chi connectivity index (χ0v) is 16.5. The van der Waals surface area contributed by atoms with Crippen molar-refractivity contribution in [1.82, 2.24) is 24.9 Å². The topological polar surface area (TPSA) is 75.4 Å². The fourth-order valence-electron chi connectivity index (χ4n) is 3.82. The van der Waals surface area contributed by atoms with Crippen molar-refractivity contribution in [2.45, 2.75) is 39.7 Å². The molecule has 0 radical (unpaired) electrons. The number of nitrogens with zero attached hydrogens (tertiary/aromatic N) is 5. The van der Waals surface area contributed by atoms with Crippen LogP contribution in [0.1, 0.15) is 35.9 Å². The molecule has 1 aliphatic rings. The van der Waals surface area contributed by atoms with Gasteiger partial charge in [-0.3, -0.25) is 4.79 Å². The van der Waals surface area contributed by atoms with E-state index in [1.807, 2.05) is 29.0 Å². The number of carbonyl (C=O) groups excluding carboxylic acids is 1. The lowest BCUT2D eigenvalue weighted by Gasteiger charge is -2.34. The van der Waals surface area contributed by atoms with E-state index in [9.17, 15) is 4.79 Å². The standard InChI is InChI=1S/C19H24N6OS/c1-3-16-13(2)23-19-21-12-22-25(19)18(16)24-8-4-6-14(11-24)17(26)20-10-15-7-5-9-27-15/h5,7,9,12,14H,3-4,6,8,10-11H2,1-2H3,(H,20,26)/t14-/m1/s1. The first kappa shape index (κ1) is 17.9. The Morgan fingerprint density at radius 3 is 3.11 bits per heavy atom. The maximum absolute atomic E-state index is 12.7. The molecule has 0 aromatic carbocycles. The Bertz CT molecular complexity index is 935. The van der Waals surface area contributed by atoms with E-state index in [1.54, 1.807) is 17.7 Å². The van der Waals surface area contributed by atoms with E-state index in [1.165, 1.54) is 10.4 Å². The minimum Gasteiger partial charge on any atom is -0.355 e. The predicted molar refractivity (Wildman–Crippen MR) is 106 cm³/mol. The molecule has 1 saturated heterocycles. The van der Waals surface area contributed by atoms with Crippen LogP contribution >= 0.6 is 11.3 Å². The fraction of sp³-hybridized carbons (Fsp3) is 0.474. The second-order valence-corrected chi connectivity index (χ2v) is 7.94. The van der Waals surface area contributed by atoms with E-state index in [4.69, 9.17) is 0 Å². The molecule has 1 atom stereocenters. The van der Waals surface area contributed by atoms with E-state index < -0.39 is 0 Å². The highest BCUT2D eigenvalue weighted by Crippen LogP contribution is 2.28. The van der Waals surface area contributed by atoms with Crippen molar-refractivity contribution < 1.29 is 4.79 Å². The molecule has 0 saturated carbocycles. The van der Waals surface area contributed by atoms with Crippen LogP contribution in [0.4, 0.5) is 5.82 Å². The number of nitrogens with one attached hydrogen (secondary N) is 1. The normalized spacial score (nSPS) is 17.4. The summed E-state index contributed by atoms with van der Waals surface area (Å²) in [6.45, 7) is 6.37. The third-order valence-corrected chi connectivity index (χ3v) is 6.04. The van der Waals surface area contributed by atoms with Crippen LogP contribution in [0, 0.1) is 12.8 Å². The summed E-state index contributed by atoms with van der Waals surface area (Å²) in [6, 6.07) is 4.06.